The lowest BCUT2D eigenvalue weighted by Gasteiger charge is -2.09. The Hall–Kier alpha value is -1.50. The normalized spacial score (nSPS) is 11.5. The molecule has 0 spiro atoms. The summed E-state index contributed by atoms with van der Waals surface area (Å²) in [6.45, 7) is 4.77. The van der Waals surface area contributed by atoms with Crippen LogP contribution in [0.3, 0.4) is 0 Å². The third kappa shape index (κ3) is 4.90. The van der Waals surface area contributed by atoms with Crippen LogP contribution in [0.2, 0.25) is 0 Å². The second-order valence-corrected chi connectivity index (χ2v) is 3.34. The van der Waals surface area contributed by atoms with Gasteiger partial charge >= 0.3 is 0 Å². The van der Waals surface area contributed by atoms with Crippen LogP contribution in [0.4, 0.5) is 0 Å². The van der Waals surface area contributed by atoms with E-state index in [0.717, 1.165) is 11.3 Å². The Bertz CT molecular complexity index is 390. The molecule has 0 aliphatic rings. The van der Waals surface area contributed by atoms with Crippen LogP contribution in [0, 0.1) is 11.8 Å². The average molecular weight is 234 g/mol. The first-order valence-corrected chi connectivity index (χ1v) is 5.63. The monoisotopic (exact) mass is 234 g/mol. The molecule has 17 heavy (non-hydrogen) atoms. The van der Waals surface area contributed by atoms with Crippen molar-refractivity contribution in [2.24, 2.45) is 0 Å². The Morgan fingerprint density at radius 2 is 2.00 bits per heavy atom. The molecule has 0 amide bonds. The highest BCUT2D eigenvalue weighted by Gasteiger charge is 1.98. The Labute approximate surface area is 103 Å². The molecule has 0 aliphatic carbocycles. The number of methoxy groups -OCH3 is 1. The van der Waals surface area contributed by atoms with Crippen LogP contribution in [0.25, 0.3) is 0 Å². The van der Waals surface area contributed by atoms with Gasteiger partial charge in [-0.3, -0.25) is 0 Å². The van der Waals surface area contributed by atoms with Gasteiger partial charge in [0.25, 0.3) is 0 Å². The zero-order valence-corrected chi connectivity index (χ0v) is 10.5. The molecule has 1 aromatic rings. The number of hydrogen-bond donors (Lipinski definition) is 0. The summed E-state index contributed by atoms with van der Waals surface area (Å²) in [4.78, 5) is 0. The summed E-state index contributed by atoms with van der Waals surface area (Å²) in [7, 11) is 1.63. The van der Waals surface area contributed by atoms with E-state index < -0.39 is 0 Å². The Balaban J connectivity index is 2.48. The van der Waals surface area contributed by atoms with E-state index in [1.807, 2.05) is 38.1 Å². The van der Waals surface area contributed by atoms with Gasteiger partial charge < -0.3 is 14.2 Å². The summed E-state index contributed by atoms with van der Waals surface area (Å²) in [5.74, 6) is 6.72. The molecule has 1 atom stereocenters. The summed E-state index contributed by atoms with van der Waals surface area (Å²) in [6.07, 6.45) is -0.216. The molecule has 3 nitrogen and oxygen atoms in total. The molecule has 0 aliphatic heterocycles. The van der Waals surface area contributed by atoms with Crippen LogP contribution >= 0.6 is 0 Å². The number of rotatable bonds is 5. The zero-order chi connectivity index (χ0) is 12.5. The SMILES string of the molecule is CCOC(C)OCC#Cc1ccccc1OC. The third-order valence-electron chi connectivity index (χ3n) is 2.12. The highest BCUT2D eigenvalue weighted by atomic mass is 16.7. The van der Waals surface area contributed by atoms with Crippen molar-refractivity contribution in [1.29, 1.82) is 0 Å². The van der Waals surface area contributed by atoms with Gasteiger partial charge in [-0.25, -0.2) is 0 Å². The zero-order valence-electron chi connectivity index (χ0n) is 10.5. The van der Waals surface area contributed by atoms with E-state index >= 15 is 0 Å². The van der Waals surface area contributed by atoms with Crippen molar-refractivity contribution < 1.29 is 14.2 Å². The lowest BCUT2D eigenvalue weighted by atomic mass is 10.2. The molecule has 1 aromatic carbocycles. The quantitative estimate of drug-likeness (QED) is 0.578. The summed E-state index contributed by atoms with van der Waals surface area (Å²) in [5, 5.41) is 0. The maximum Gasteiger partial charge on any atom is 0.156 e. The Morgan fingerprint density at radius 1 is 1.24 bits per heavy atom. The maximum atomic E-state index is 5.34. The predicted molar refractivity (Wildman–Crippen MR) is 66.9 cm³/mol. The van der Waals surface area contributed by atoms with Crippen molar-refractivity contribution >= 4 is 0 Å². The molecule has 0 heterocycles. The van der Waals surface area contributed by atoms with Gasteiger partial charge in [0.05, 0.1) is 12.7 Å². The van der Waals surface area contributed by atoms with Crippen LogP contribution in [-0.2, 0) is 9.47 Å². The van der Waals surface area contributed by atoms with Crippen LogP contribution in [0.1, 0.15) is 19.4 Å². The topological polar surface area (TPSA) is 27.7 Å². The molecule has 0 radical (unpaired) electrons. The summed E-state index contributed by atoms with van der Waals surface area (Å²) in [6, 6.07) is 7.64. The van der Waals surface area contributed by atoms with E-state index in [1.54, 1.807) is 7.11 Å². The minimum atomic E-state index is -0.216. The highest BCUT2D eigenvalue weighted by Crippen LogP contribution is 2.15. The summed E-state index contributed by atoms with van der Waals surface area (Å²) >= 11 is 0. The molecule has 0 bridgehead atoms. The fourth-order valence-electron chi connectivity index (χ4n) is 1.32. The van der Waals surface area contributed by atoms with E-state index in [4.69, 9.17) is 14.2 Å². The number of para-hydroxylation sites is 1. The van der Waals surface area contributed by atoms with Gasteiger partial charge in [0.2, 0.25) is 0 Å². The standard InChI is InChI=1S/C14H18O3/c1-4-16-12(2)17-11-7-9-13-8-5-6-10-14(13)15-3/h5-6,8,10,12H,4,11H2,1-3H3. The molecule has 1 unspecified atom stereocenters. The van der Waals surface area contributed by atoms with Crippen LogP contribution in [0.15, 0.2) is 24.3 Å². The molecular weight excluding hydrogens is 216 g/mol. The second-order valence-electron chi connectivity index (χ2n) is 3.34. The fourth-order valence-corrected chi connectivity index (χ4v) is 1.32. The molecule has 1 rings (SSSR count). The molecule has 0 aromatic heterocycles. The Kier molecular flexibility index (Phi) is 6.16. The third-order valence-corrected chi connectivity index (χ3v) is 2.12. The van der Waals surface area contributed by atoms with Gasteiger partial charge in [0, 0.05) is 6.61 Å². The molecule has 92 valence electrons. The molecule has 3 heteroatoms. The molecule has 0 fully saturated rings. The van der Waals surface area contributed by atoms with Crippen molar-refractivity contribution in [3.8, 4) is 17.6 Å². The van der Waals surface area contributed by atoms with E-state index in [0.29, 0.717) is 13.2 Å². The number of hydrogen-bond acceptors (Lipinski definition) is 3. The summed E-state index contributed by atoms with van der Waals surface area (Å²) in [5.41, 5.74) is 0.864. The van der Waals surface area contributed by atoms with Crippen molar-refractivity contribution in [2.75, 3.05) is 20.3 Å². The van der Waals surface area contributed by atoms with E-state index in [1.165, 1.54) is 0 Å². The maximum absolute atomic E-state index is 5.34. The van der Waals surface area contributed by atoms with E-state index in [-0.39, 0.29) is 6.29 Å². The van der Waals surface area contributed by atoms with E-state index in [9.17, 15) is 0 Å². The first-order chi connectivity index (χ1) is 8.27. The van der Waals surface area contributed by atoms with Gasteiger partial charge in [-0.2, -0.15) is 0 Å². The second kappa shape index (κ2) is 7.72. The Morgan fingerprint density at radius 3 is 2.71 bits per heavy atom. The minimum Gasteiger partial charge on any atom is -0.495 e. The number of ether oxygens (including phenoxy) is 3. The predicted octanol–water partition coefficient (Wildman–Crippen LogP) is 2.45. The first kappa shape index (κ1) is 13.6. The molecule has 0 saturated heterocycles. The van der Waals surface area contributed by atoms with Gasteiger partial charge in [0.15, 0.2) is 6.29 Å². The number of benzene rings is 1. The fraction of sp³-hybridized carbons (Fsp3) is 0.429. The van der Waals surface area contributed by atoms with Gasteiger partial charge in [0.1, 0.15) is 12.4 Å². The van der Waals surface area contributed by atoms with Crippen LogP contribution in [-0.4, -0.2) is 26.6 Å². The lowest BCUT2D eigenvalue weighted by molar-refractivity contribution is -0.117. The van der Waals surface area contributed by atoms with Gasteiger partial charge in [-0.15, -0.1) is 0 Å². The molecule has 0 N–H and O–H groups in total. The molecular formula is C14H18O3. The largest absolute Gasteiger partial charge is 0.495 e. The van der Waals surface area contributed by atoms with Crippen LogP contribution in [0.5, 0.6) is 5.75 Å². The molecule has 0 saturated carbocycles. The van der Waals surface area contributed by atoms with Crippen LogP contribution < -0.4 is 4.74 Å². The van der Waals surface area contributed by atoms with Gasteiger partial charge in [-0.05, 0) is 26.0 Å². The van der Waals surface area contributed by atoms with Crippen molar-refractivity contribution in [2.45, 2.75) is 20.1 Å². The van der Waals surface area contributed by atoms with Crippen molar-refractivity contribution in [1.82, 2.24) is 0 Å². The highest BCUT2D eigenvalue weighted by molar-refractivity contribution is 5.45. The minimum absolute atomic E-state index is 0.216. The van der Waals surface area contributed by atoms with Crippen molar-refractivity contribution in [3.05, 3.63) is 29.8 Å². The first-order valence-electron chi connectivity index (χ1n) is 5.63. The van der Waals surface area contributed by atoms with Crippen molar-refractivity contribution in [3.63, 3.8) is 0 Å². The lowest BCUT2D eigenvalue weighted by Crippen LogP contribution is -2.12. The van der Waals surface area contributed by atoms with Gasteiger partial charge in [-0.1, -0.05) is 24.0 Å². The van der Waals surface area contributed by atoms with E-state index in [2.05, 4.69) is 11.8 Å². The summed E-state index contributed by atoms with van der Waals surface area (Å²) < 4.78 is 15.8. The smallest absolute Gasteiger partial charge is 0.156 e. The average Bonchev–Trinajstić information content (AvgIpc) is 2.35.